The highest BCUT2D eigenvalue weighted by Crippen LogP contribution is 2.31. The fourth-order valence-corrected chi connectivity index (χ4v) is 3.70. The van der Waals surface area contributed by atoms with E-state index in [1.165, 1.54) is 12.8 Å². The van der Waals surface area contributed by atoms with E-state index >= 15 is 0 Å². The number of rotatable bonds is 8. The molecule has 0 spiro atoms. The van der Waals surface area contributed by atoms with Gasteiger partial charge in [0.15, 0.2) is 11.6 Å². The van der Waals surface area contributed by atoms with E-state index in [1.54, 1.807) is 0 Å². The lowest BCUT2D eigenvalue weighted by Gasteiger charge is -2.24. The van der Waals surface area contributed by atoms with E-state index < -0.39 is 0 Å². The molecule has 0 aromatic heterocycles. The minimum Gasteiger partial charge on any atom is -0.294 e. The summed E-state index contributed by atoms with van der Waals surface area (Å²) >= 11 is 0. The van der Waals surface area contributed by atoms with Gasteiger partial charge in [-0.2, -0.15) is 0 Å². The molecular weight excluding hydrogens is 308 g/mol. The molecule has 1 aromatic rings. The maximum absolute atomic E-state index is 12.7. The van der Waals surface area contributed by atoms with Gasteiger partial charge < -0.3 is 0 Å². The molecule has 0 radical (unpaired) electrons. The van der Waals surface area contributed by atoms with Crippen molar-refractivity contribution >= 4 is 11.6 Å². The summed E-state index contributed by atoms with van der Waals surface area (Å²) in [5, 5.41) is 0. The number of Topliss-reactive ketones (excluding diaryl/α,β-unsaturated/α-hetero) is 2. The van der Waals surface area contributed by atoms with Crippen LogP contribution >= 0.6 is 0 Å². The van der Waals surface area contributed by atoms with Crippen LogP contribution in [-0.4, -0.2) is 11.6 Å². The Balaban J connectivity index is 1.98. The van der Waals surface area contributed by atoms with Crippen LogP contribution in [0.2, 0.25) is 0 Å². The Kier molecular flexibility index (Phi) is 6.75. The predicted octanol–water partition coefficient (Wildman–Crippen LogP) is 6.19. The summed E-state index contributed by atoms with van der Waals surface area (Å²) in [6.45, 7) is 10.5. The SMILES string of the molecule is C=CCC1CCc2c(C(=O)CCCCCC(C)(C)C)cccc2C1=O. The first-order chi connectivity index (χ1) is 11.8. The molecule has 1 aromatic carbocycles. The van der Waals surface area contributed by atoms with Gasteiger partial charge in [-0.05, 0) is 43.1 Å². The van der Waals surface area contributed by atoms with Crippen LogP contribution < -0.4 is 0 Å². The summed E-state index contributed by atoms with van der Waals surface area (Å²) in [5.41, 5.74) is 2.88. The predicted molar refractivity (Wildman–Crippen MR) is 104 cm³/mol. The maximum atomic E-state index is 12.7. The second-order valence-corrected chi connectivity index (χ2v) is 8.50. The second kappa shape index (κ2) is 8.60. The number of benzene rings is 1. The topological polar surface area (TPSA) is 34.1 Å². The second-order valence-electron chi connectivity index (χ2n) is 8.50. The number of carbonyl (C=O) groups is 2. The largest absolute Gasteiger partial charge is 0.294 e. The fourth-order valence-electron chi connectivity index (χ4n) is 3.70. The molecular formula is C23H32O2. The zero-order valence-electron chi connectivity index (χ0n) is 16.1. The minimum absolute atomic E-state index is 0.0350. The third-order valence-electron chi connectivity index (χ3n) is 5.14. The highest BCUT2D eigenvalue weighted by atomic mass is 16.1. The molecule has 0 saturated carbocycles. The highest BCUT2D eigenvalue weighted by molar-refractivity contribution is 6.05. The summed E-state index contributed by atoms with van der Waals surface area (Å²) in [7, 11) is 0. The average molecular weight is 341 g/mol. The molecule has 0 saturated heterocycles. The number of ketones is 2. The molecule has 2 rings (SSSR count). The molecule has 2 heteroatoms. The Morgan fingerprint density at radius 2 is 2.00 bits per heavy atom. The van der Waals surface area contributed by atoms with E-state index in [-0.39, 0.29) is 17.5 Å². The van der Waals surface area contributed by atoms with Crippen molar-refractivity contribution < 1.29 is 9.59 Å². The molecule has 0 bridgehead atoms. The van der Waals surface area contributed by atoms with Gasteiger partial charge in [-0.25, -0.2) is 0 Å². The summed E-state index contributed by atoms with van der Waals surface area (Å²) in [6, 6.07) is 5.64. The highest BCUT2D eigenvalue weighted by Gasteiger charge is 2.28. The number of hydrogen-bond donors (Lipinski definition) is 0. The van der Waals surface area contributed by atoms with Gasteiger partial charge in [0, 0.05) is 23.5 Å². The zero-order valence-corrected chi connectivity index (χ0v) is 16.1. The third-order valence-corrected chi connectivity index (χ3v) is 5.14. The normalized spacial score (nSPS) is 17.2. The molecule has 1 atom stereocenters. The van der Waals surface area contributed by atoms with Crippen LogP contribution in [0.25, 0.3) is 0 Å². The number of allylic oxidation sites excluding steroid dienone is 1. The van der Waals surface area contributed by atoms with Gasteiger partial charge in [0.25, 0.3) is 0 Å². The van der Waals surface area contributed by atoms with E-state index in [1.807, 2.05) is 24.3 Å². The Morgan fingerprint density at radius 3 is 2.68 bits per heavy atom. The van der Waals surface area contributed by atoms with Crippen molar-refractivity contribution in [3.05, 3.63) is 47.5 Å². The Hall–Kier alpha value is -1.70. The van der Waals surface area contributed by atoms with Crippen molar-refractivity contribution in [3.8, 4) is 0 Å². The van der Waals surface area contributed by atoms with E-state index in [2.05, 4.69) is 27.4 Å². The van der Waals surface area contributed by atoms with Gasteiger partial charge in [-0.15, -0.1) is 6.58 Å². The average Bonchev–Trinajstić information content (AvgIpc) is 2.55. The van der Waals surface area contributed by atoms with Crippen LogP contribution in [0.3, 0.4) is 0 Å². The van der Waals surface area contributed by atoms with E-state index in [0.717, 1.165) is 48.8 Å². The van der Waals surface area contributed by atoms with Gasteiger partial charge in [0.05, 0.1) is 0 Å². The molecule has 1 unspecified atom stereocenters. The Labute approximate surface area is 152 Å². The van der Waals surface area contributed by atoms with Crippen molar-refractivity contribution in [3.63, 3.8) is 0 Å². The van der Waals surface area contributed by atoms with Crippen molar-refractivity contribution in [2.24, 2.45) is 11.3 Å². The number of hydrogen-bond acceptors (Lipinski definition) is 2. The van der Waals surface area contributed by atoms with E-state index in [0.29, 0.717) is 11.8 Å². The van der Waals surface area contributed by atoms with Crippen molar-refractivity contribution in [2.75, 3.05) is 0 Å². The number of unbranched alkanes of at least 4 members (excludes halogenated alkanes) is 2. The Bertz CT molecular complexity index is 634. The standard InChI is InChI=1S/C23H32O2/c1-5-10-17-14-15-18-19(11-9-12-20(18)22(17)25)21(24)13-7-6-8-16-23(2,3)4/h5,9,11-12,17H,1,6-8,10,13-16H2,2-4H3. The first-order valence-corrected chi connectivity index (χ1v) is 9.63. The Morgan fingerprint density at radius 1 is 1.24 bits per heavy atom. The van der Waals surface area contributed by atoms with Gasteiger partial charge in [-0.1, -0.05) is 57.9 Å². The summed E-state index contributed by atoms with van der Waals surface area (Å²) in [6.07, 6.45) is 9.19. The summed E-state index contributed by atoms with van der Waals surface area (Å²) in [5.74, 6) is 0.413. The molecule has 0 fully saturated rings. The molecule has 1 aliphatic carbocycles. The first-order valence-electron chi connectivity index (χ1n) is 9.63. The van der Waals surface area contributed by atoms with Gasteiger partial charge in [0.2, 0.25) is 0 Å². The lowest BCUT2D eigenvalue weighted by molar-refractivity contribution is 0.0903. The van der Waals surface area contributed by atoms with Crippen LogP contribution in [0.1, 0.15) is 92.0 Å². The monoisotopic (exact) mass is 340 g/mol. The molecule has 0 aliphatic heterocycles. The first kappa shape index (κ1) is 19.6. The lowest BCUT2D eigenvalue weighted by Crippen LogP contribution is -2.24. The van der Waals surface area contributed by atoms with Crippen molar-refractivity contribution in [1.29, 1.82) is 0 Å². The van der Waals surface area contributed by atoms with Gasteiger partial charge in [-0.3, -0.25) is 9.59 Å². The molecule has 0 heterocycles. The lowest BCUT2D eigenvalue weighted by atomic mass is 9.78. The van der Waals surface area contributed by atoms with Crippen LogP contribution in [-0.2, 0) is 6.42 Å². The van der Waals surface area contributed by atoms with Crippen LogP contribution in [0, 0.1) is 11.3 Å². The zero-order chi connectivity index (χ0) is 18.4. The van der Waals surface area contributed by atoms with Crippen molar-refractivity contribution in [2.45, 2.75) is 72.1 Å². The minimum atomic E-state index is 0.0350. The fraction of sp³-hybridized carbons (Fsp3) is 0.565. The van der Waals surface area contributed by atoms with Crippen LogP contribution in [0.5, 0.6) is 0 Å². The molecule has 136 valence electrons. The van der Waals surface area contributed by atoms with Gasteiger partial charge >= 0.3 is 0 Å². The van der Waals surface area contributed by atoms with E-state index in [4.69, 9.17) is 0 Å². The van der Waals surface area contributed by atoms with Gasteiger partial charge in [0.1, 0.15) is 0 Å². The summed E-state index contributed by atoms with van der Waals surface area (Å²) in [4.78, 5) is 25.3. The molecule has 25 heavy (non-hydrogen) atoms. The molecule has 2 nitrogen and oxygen atoms in total. The third kappa shape index (κ3) is 5.39. The van der Waals surface area contributed by atoms with Crippen molar-refractivity contribution in [1.82, 2.24) is 0 Å². The molecule has 1 aliphatic rings. The smallest absolute Gasteiger partial charge is 0.166 e. The van der Waals surface area contributed by atoms with E-state index in [9.17, 15) is 9.59 Å². The van der Waals surface area contributed by atoms with Crippen LogP contribution in [0.4, 0.5) is 0 Å². The number of carbonyl (C=O) groups excluding carboxylic acids is 2. The maximum Gasteiger partial charge on any atom is 0.166 e. The van der Waals surface area contributed by atoms with Crippen LogP contribution in [0.15, 0.2) is 30.9 Å². The number of fused-ring (bicyclic) bond motifs is 1. The summed E-state index contributed by atoms with van der Waals surface area (Å²) < 4.78 is 0. The molecule has 0 amide bonds. The quantitative estimate of drug-likeness (QED) is 0.321. The molecule has 0 N–H and O–H groups in total.